The van der Waals surface area contributed by atoms with Crippen LogP contribution < -0.4 is 15.6 Å². The van der Waals surface area contributed by atoms with Crippen molar-refractivity contribution in [3.8, 4) is 5.75 Å². The smallest absolute Gasteiger partial charge is 0.267 e. The monoisotopic (exact) mass is 287 g/mol. The highest BCUT2D eigenvalue weighted by molar-refractivity contribution is 5.94. The van der Waals surface area contributed by atoms with Crippen LogP contribution in [0.15, 0.2) is 41.3 Å². The first-order chi connectivity index (χ1) is 10.0. The molecule has 0 spiro atoms. The Morgan fingerprint density at radius 2 is 2.14 bits per heavy atom. The number of carbonyl (C=O) groups excluding carboxylic acids is 1. The van der Waals surface area contributed by atoms with Gasteiger partial charge in [-0.1, -0.05) is 6.07 Å². The molecule has 1 unspecified atom stereocenters. The zero-order valence-corrected chi connectivity index (χ0v) is 12.2. The van der Waals surface area contributed by atoms with Crippen LogP contribution in [0.2, 0.25) is 0 Å². The normalized spacial score (nSPS) is 11.8. The third kappa shape index (κ3) is 3.28. The van der Waals surface area contributed by atoms with Crippen LogP contribution in [-0.4, -0.2) is 22.8 Å². The second kappa shape index (κ2) is 6.21. The van der Waals surface area contributed by atoms with E-state index < -0.39 is 6.04 Å². The Labute approximate surface area is 122 Å². The minimum atomic E-state index is -0.719. The van der Waals surface area contributed by atoms with Crippen LogP contribution in [-0.2, 0) is 4.79 Å². The summed E-state index contributed by atoms with van der Waals surface area (Å²) in [6, 6.07) is 7.66. The molecule has 0 aliphatic rings. The Balaban J connectivity index is 2.24. The number of methoxy groups -OCH3 is 1. The SMILES string of the molecule is COc1ccc(C)cc1NC(=O)C(C)n1ncccc1=O. The number of rotatable bonds is 4. The minimum absolute atomic E-state index is 0.323. The van der Waals surface area contributed by atoms with Gasteiger partial charge in [0.1, 0.15) is 11.8 Å². The molecule has 0 radical (unpaired) electrons. The average Bonchev–Trinajstić information content (AvgIpc) is 2.47. The molecule has 0 saturated heterocycles. The molecular formula is C15H17N3O3. The fourth-order valence-corrected chi connectivity index (χ4v) is 1.93. The summed E-state index contributed by atoms with van der Waals surface area (Å²) in [6.07, 6.45) is 1.47. The summed E-state index contributed by atoms with van der Waals surface area (Å²) in [5.74, 6) is 0.231. The lowest BCUT2D eigenvalue weighted by molar-refractivity contribution is -0.119. The second-order valence-corrected chi connectivity index (χ2v) is 4.68. The van der Waals surface area contributed by atoms with Crippen LogP contribution in [0.5, 0.6) is 5.75 Å². The number of nitrogens with zero attached hydrogens (tertiary/aromatic N) is 2. The lowest BCUT2D eigenvalue weighted by Crippen LogP contribution is -2.32. The number of amides is 1. The molecular weight excluding hydrogens is 270 g/mol. The molecule has 1 N–H and O–H groups in total. The van der Waals surface area contributed by atoms with E-state index in [-0.39, 0.29) is 11.5 Å². The first kappa shape index (κ1) is 14.8. The van der Waals surface area contributed by atoms with Crippen LogP contribution >= 0.6 is 0 Å². The Kier molecular flexibility index (Phi) is 4.37. The zero-order valence-electron chi connectivity index (χ0n) is 12.2. The molecule has 1 amide bonds. The van der Waals surface area contributed by atoms with E-state index in [1.54, 1.807) is 13.0 Å². The lowest BCUT2D eigenvalue weighted by Gasteiger charge is -2.15. The van der Waals surface area contributed by atoms with Gasteiger partial charge in [-0.05, 0) is 37.6 Å². The number of nitrogens with one attached hydrogen (secondary N) is 1. The predicted octanol–water partition coefficient (Wildman–Crippen LogP) is 1.76. The number of aryl methyl sites for hydroxylation is 1. The molecule has 6 nitrogen and oxygen atoms in total. The Morgan fingerprint density at radius 3 is 2.81 bits per heavy atom. The number of benzene rings is 1. The molecule has 0 aliphatic heterocycles. The maximum absolute atomic E-state index is 12.3. The standard InChI is InChI=1S/C15H17N3O3/c1-10-6-7-13(21-3)12(9-10)17-15(20)11(2)18-14(19)5-4-8-16-18/h4-9,11H,1-3H3,(H,17,20). The Morgan fingerprint density at radius 1 is 1.38 bits per heavy atom. The number of hydrogen-bond acceptors (Lipinski definition) is 4. The lowest BCUT2D eigenvalue weighted by atomic mass is 10.2. The molecule has 0 bridgehead atoms. The van der Waals surface area contributed by atoms with E-state index in [4.69, 9.17) is 4.74 Å². The summed E-state index contributed by atoms with van der Waals surface area (Å²) >= 11 is 0. The van der Waals surface area contributed by atoms with Gasteiger partial charge in [0.05, 0.1) is 12.8 Å². The largest absolute Gasteiger partial charge is 0.495 e. The first-order valence-corrected chi connectivity index (χ1v) is 6.52. The zero-order chi connectivity index (χ0) is 15.4. The molecule has 1 heterocycles. The summed E-state index contributed by atoms with van der Waals surface area (Å²) in [5.41, 5.74) is 1.24. The van der Waals surface area contributed by atoms with Gasteiger partial charge in [0, 0.05) is 12.3 Å². The first-order valence-electron chi connectivity index (χ1n) is 6.52. The van der Waals surface area contributed by atoms with Crippen molar-refractivity contribution < 1.29 is 9.53 Å². The maximum Gasteiger partial charge on any atom is 0.267 e. The summed E-state index contributed by atoms with van der Waals surface area (Å²) in [5, 5.41) is 6.68. The van der Waals surface area contributed by atoms with E-state index in [9.17, 15) is 9.59 Å². The highest BCUT2D eigenvalue weighted by Gasteiger charge is 2.18. The van der Waals surface area contributed by atoms with Crippen LogP contribution in [0.3, 0.4) is 0 Å². The van der Waals surface area contributed by atoms with Crippen molar-refractivity contribution in [2.24, 2.45) is 0 Å². The van der Waals surface area contributed by atoms with Gasteiger partial charge in [0.15, 0.2) is 0 Å². The van der Waals surface area contributed by atoms with Crippen LogP contribution in [0.1, 0.15) is 18.5 Å². The van der Waals surface area contributed by atoms with Gasteiger partial charge in [0.25, 0.3) is 5.56 Å². The van der Waals surface area contributed by atoms with Gasteiger partial charge >= 0.3 is 0 Å². The Bertz CT molecular complexity index is 709. The summed E-state index contributed by atoms with van der Waals surface area (Å²) in [6.45, 7) is 3.54. The van der Waals surface area contributed by atoms with E-state index in [0.29, 0.717) is 11.4 Å². The molecule has 0 aliphatic carbocycles. The molecule has 1 aromatic heterocycles. The van der Waals surface area contributed by atoms with Crippen molar-refractivity contribution in [1.82, 2.24) is 9.78 Å². The van der Waals surface area contributed by atoms with Crippen LogP contribution in [0, 0.1) is 6.92 Å². The number of carbonyl (C=O) groups is 1. The fraction of sp³-hybridized carbons (Fsp3) is 0.267. The fourth-order valence-electron chi connectivity index (χ4n) is 1.93. The minimum Gasteiger partial charge on any atom is -0.495 e. The molecule has 1 aromatic carbocycles. The number of hydrogen-bond donors (Lipinski definition) is 1. The van der Waals surface area contributed by atoms with Gasteiger partial charge in [-0.3, -0.25) is 9.59 Å². The van der Waals surface area contributed by atoms with Crippen molar-refractivity contribution in [2.75, 3.05) is 12.4 Å². The highest BCUT2D eigenvalue weighted by Crippen LogP contribution is 2.25. The molecule has 0 fully saturated rings. The van der Waals surface area contributed by atoms with Crippen molar-refractivity contribution in [3.05, 3.63) is 52.4 Å². The van der Waals surface area contributed by atoms with Crippen molar-refractivity contribution in [2.45, 2.75) is 19.9 Å². The van der Waals surface area contributed by atoms with Crippen molar-refractivity contribution >= 4 is 11.6 Å². The molecule has 2 rings (SSSR count). The summed E-state index contributed by atoms with van der Waals surface area (Å²) in [7, 11) is 1.53. The number of ether oxygens (including phenoxy) is 1. The van der Waals surface area contributed by atoms with Gasteiger partial charge in [-0.15, -0.1) is 0 Å². The van der Waals surface area contributed by atoms with Gasteiger partial charge < -0.3 is 10.1 Å². The molecule has 21 heavy (non-hydrogen) atoms. The highest BCUT2D eigenvalue weighted by atomic mass is 16.5. The number of anilines is 1. The topological polar surface area (TPSA) is 73.2 Å². The van der Waals surface area contributed by atoms with Crippen LogP contribution in [0.4, 0.5) is 5.69 Å². The molecule has 6 heteroatoms. The third-order valence-corrected chi connectivity index (χ3v) is 3.10. The van der Waals surface area contributed by atoms with Gasteiger partial charge in [0.2, 0.25) is 5.91 Å². The van der Waals surface area contributed by atoms with Gasteiger partial charge in [-0.2, -0.15) is 5.10 Å². The average molecular weight is 287 g/mol. The molecule has 0 saturated carbocycles. The van der Waals surface area contributed by atoms with Crippen molar-refractivity contribution in [3.63, 3.8) is 0 Å². The Hall–Kier alpha value is -2.63. The van der Waals surface area contributed by atoms with Gasteiger partial charge in [-0.25, -0.2) is 4.68 Å². The number of aromatic nitrogens is 2. The predicted molar refractivity (Wildman–Crippen MR) is 79.6 cm³/mol. The van der Waals surface area contributed by atoms with E-state index in [1.807, 2.05) is 19.1 Å². The maximum atomic E-state index is 12.3. The molecule has 110 valence electrons. The quantitative estimate of drug-likeness (QED) is 0.930. The van der Waals surface area contributed by atoms with E-state index in [1.165, 1.54) is 25.4 Å². The van der Waals surface area contributed by atoms with E-state index in [2.05, 4.69) is 10.4 Å². The van der Waals surface area contributed by atoms with Crippen LogP contribution in [0.25, 0.3) is 0 Å². The van der Waals surface area contributed by atoms with E-state index in [0.717, 1.165) is 10.2 Å². The second-order valence-electron chi connectivity index (χ2n) is 4.68. The third-order valence-electron chi connectivity index (χ3n) is 3.10. The molecule has 1 atom stereocenters. The van der Waals surface area contributed by atoms with Crippen molar-refractivity contribution in [1.29, 1.82) is 0 Å². The van der Waals surface area contributed by atoms with E-state index >= 15 is 0 Å². The molecule has 2 aromatic rings. The summed E-state index contributed by atoms with van der Waals surface area (Å²) < 4.78 is 6.35. The summed E-state index contributed by atoms with van der Waals surface area (Å²) in [4.78, 5) is 24.0.